The predicted molar refractivity (Wildman–Crippen MR) is 159 cm³/mol. The standard InChI is InChI=1S/C29H33ClFN5O5S/c1-42(41)16-15-36-27(38)22(21-6-4-7-23(31)26(21)30)17-34(29(36)40)18-25(37)33-12-10-20(11-13-33)35-14-9-19-5-2-3-8-24(19)32-28(35)39/h2-8,17,20,27,38H,9-16,18H2,1H3,(H,32,39). The molecule has 0 bridgehead atoms. The monoisotopic (exact) mass is 617 g/mol. The number of halogens is 2. The van der Waals surface area contributed by atoms with E-state index in [0.29, 0.717) is 32.5 Å². The van der Waals surface area contributed by atoms with Crippen molar-refractivity contribution in [3.63, 3.8) is 0 Å². The molecule has 2 aromatic rings. The SMILES string of the molecule is CS(=O)CCN1C(=O)N(CC(=O)N2CCC(N3CCc4ccccc4NC3=O)CC2)C=C(c2cccc(F)c2Cl)C1O. The fourth-order valence-electron chi connectivity index (χ4n) is 5.63. The number of nitrogens with one attached hydrogen (secondary N) is 1. The zero-order chi connectivity index (χ0) is 30.0. The Bertz CT molecular complexity index is 1430. The van der Waals surface area contributed by atoms with Gasteiger partial charge in [-0.25, -0.2) is 14.0 Å². The molecule has 0 radical (unpaired) electrons. The third-order valence-corrected chi connectivity index (χ3v) is 9.09. The topological polar surface area (TPSA) is 114 Å². The lowest BCUT2D eigenvalue weighted by atomic mass is 10.0. The van der Waals surface area contributed by atoms with Crippen LogP contribution in [-0.4, -0.2) is 104 Å². The zero-order valence-electron chi connectivity index (χ0n) is 23.2. The van der Waals surface area contributed by atoms with Gasteiger partial charge < -0.3 is 20.2 Å². The normalized spacial score (nSPS) is 20.6. The van der Waals surface area contributed by atoms with Gasteiger partial charge in [-0.2, -0.15) is 0 Å². The van der Waals surface area contributed by atoms with Gasteiger partial charge in [0.1, 0.15) is 12.4 Å². The summed E-state index contributed by atoms with van der Waals surface area (Å²) in [6.45, 7) is 1.06. The molecular formula is C29H33ClFN5O5S. The molecule has 1 saturated heterocycles. The van der Waals surface area contributed by atoms with Crippen molar-refractivity contribution in [3.05, 3.63) is 70.6 Å². The number of aliphatic hydroxyl groups is 1. The average Bonchev–Trinajstić information content (AvgIpc) is 3.14. The maximum atomic E-state index is 14.3. The van der Waals surface area contributed by atoms with Crippen LogP contribution < -0.4 is 5.32 Å². The number of carbonyl (C=O) groups excluding carboxylic acids is 3. The van der Waals surface area contributed by atoms with E-state index >= 15 is 0 Å². The van der Waals surface area contributed by atoms with Crippen molar-refractivity contribution in [2.45, 2.75) is 31.5 Å². The number of urea groups is 2. The van der Waals surface area contributed by atoms with Gasteiger partial charge in [0.15, 0.2) is 6.23 Å². The Labute approximate surface area is 251 Å². The molecule has 5 amide bonds. The number of hydrogen-bond acceptors (Lipinski definition) is 5. The fourth-order valence-corrected chi connectivity index (χ4v) is 6.32. The molecule has 0 spiro atoms. The number of carbonyl (C=O) groups is 3. The largest absolute Gasteiger partial charge is 0.369 e. The van der Waals surface area contributed by atoms with Crippen molar-refractivity contribution in [3.8, 4) is 0 Å². The van der Waals surface area contributed by atoms with Crippen LogP contribution in [0.5, 0.6) is 0 Å². The third kappa shape index (κ3) is 6.30. The molecule has 13 heteroatoms. The van der Waals surface area contributed by atoms with Gasteiger partial charge in [-0.1, -0.05) is 41.9 Å². The van der Waals surface area contributed by atoms with E-state index in [2.05, 4.69) is 5.32 Å². The molecule has 5 rings (SSSR count). The van der Waals surface area contributed by atoms with Crippen LogP contribution in [0.2, 0.25) is 5.02 Å². The summed E-state index contributed by atoms with van der Waals surface area (Å²) in [5.41, 5.74) is 2.25. The van der Waals surface area contributed by atoms with Gasteiger partial charge in [0.05, 0.1) is 5.02 Å². The molecule has 3 heterocycles. The van der Waals surface area contributed by atoms with E-state index < -0.39 is 28.9 Å². The number of aliphatic hydroxyl groups excluding tert-OH is 1. The van der Waals surface area contributed by atoms with Gasteiger partial charge in [-0.3, -0.25) is 18.8 Å². The van der Waals surface area contributed by atoms with Crippen LogP contribution >= 0.6 is 11.6 Å². The summed E-state index contributed by atoms with van der Waals surface area (Å²) in [6.07, 6.45) is 3.28. The number of amides is 5. The highest BCUT2D eigenvalue weighted by atomic mass is 35.5. The second-order valence-electron chi connectivity index (χ2n) is 10.6. The van der Waals surface area contributed by atoms with E-state index in [9.17, 15) is 28.1 Å². The van der Waals surface area contributed by atoms with Crippen molar-refractivity contribution in [1.82, 2.24) is 19.6 Å². The van der Waals surface area contributed by atoms with E-state index in [1.54, 1.807) is 4.90 Å². The van der Waals surface area contributed by atoms with Crippen LogP contribution in [-0.2, 0) is 22.0 Å². The average molecular weight is 618 g/mol. The van der Waals surface area contributed by atoms with Crippen LogP contribution in [0.1, 0.15) is 24.0 Å². The van der Waals surface area contributed by atoms with E-state index in [0.717, 1.165) is 22.6 Å². The summed E-state index contributed by atoms with van der Waals surface area (Å²) in [7, 11) is -1.24. The van der Waals surface area contributed by atoms with Crippen LogP contribution in [0.3, 0.4) is 0 Å². The van der Waals surface area contributed by atoms with E-state index in [4.69, 9.17) is 11.6 Å². The number of anilines is 1. The zero-order valence-corrected chi connectivity index (χ0v) is 24.7. The Hall–Kier alpha value is -3.48. The van der Waals surface area contributed by atoms with Crippen molar-refractivity contribution in [1.29, 1.82) is 0 Å². The molecule has 2 N–H and O–H groups in total. The quantitative estimate of drug-likeness (QED) is 0.495. The van der Waals surface area contributed by atoms with Crippen LogP contribution in [0.25, 0.3) is 5.57 Å². The van der Waals surface area contributed by atoms with Gasteiger partial charge >= 0.3 is 12.1 Å². The number of para-hydroxylation sites is 1. The predicted octanol–water partition coefficient (Wildman–Crippen LogP) is 3.34. The Morgan fingerprint density at radius 2 is 1.86 bits per heavy atom. The van der Waals surface area contributed by atoms with Crippen LogP contribution in [0.15, 0.2) is 48.7 Å². The molecular weight excluding hydrogens is 585 g/mol. The maximum Gasteiger partial charge on any atom is 0.326 e. The molecule has 3 aliphatic rings. The van der Waals surface area contributed by atoms with Crippen molar-refractivity contribution >= 4 is 51.6 Å². The molecule has 1 fully saturated rings. The van der Waals surface area contributed by atoms with Crippen molar-refractivity contribution in [2.24, 2.45) is 0 Å². The second kappa shape index (κ2) is 12.8. The maximum absolute atomic E-state index is 14.3. The number of likely N-dealkylation sites (tertiary alicyclic amines) is 1. The van der Waals surface area contributed by atoms with Gasteiger partial charge in [0.2, 0.25) is 5.91 Å². The Kier molecular flexibility index (Phi) is 9.14. The molecule has 2 atom stereocenters. The first-order valence-electron chi connectivity index (χ1n) is 13.8. The summed E-state index contributed by atoms with van der Waals surface area (Å²) in [5, 5.41) is 13.8. The highest BCUT2D eigenvalue weighted by Gasteiger charge is 2.37. The smallest absolute Gasteiger partial charge is 0.326 e. The number of rotatable bonds is 7. The lowest BCUT2D eigenvalue weighted by molar-refractivity contribution is -0.133. The Morgan fingerprint density at radius 3 is 2.60 bits per heavy atom. The highest BCUT2D eigenvalue weighted by Crippen LogP contribution is 2.33. The number of fused-ring (bicyclic) bond motifs is 1. The third-order valence-electron chi connectivity index (χ3n) is 7.95. The minimum atomic E-state index is -1.46. The van der Waals surface area contributed by atoms with Gasteiger partial charge in [-0.05, 0) is 37.0 Å². The van der Waals surface area contributed by atoms with Crippen molar-refractivity contribution < 1.29 is 28.1 Å². The van der Waals surface area contributed by atoms with Crippen LogP contribution in [0.4, 0.5) is 19.7 Å². The molecule has 0 aliphatic carbocycles. The lowest BCUT2D eigenvalue weighted by Crippen LogP contribution is -2.55. The molecule has 0 aromatic heterocycles. The molecule has 42 heavy (non-hydrogen) atoms. The minimum Gasteiger partial charge on any atom is -0.369 e. The number of hydrogen-bond donors (Lipinski definition) is 2. The Balaban J connectivity index is 1.27. The van der Waals surface area contributed by atoms with Crippen LogP contribution in [0, 0.1) is 5.82 Å². The first-order valence-corrected chi connectivity index (χ1v) is 15.9. The number of piperidine rings is 1. The molecule has 10 nitrogen and oxygen atoms in total. The van der Waals surface area contributed by atoms with E-state index in [1.807, 2.05) is 29.2 Å². The fraction of sp³-hybridized carbons (Fsp3) is 0.414. The first-order chi connectivity index (χ1) is 20.1. The van der Waals surface area contributed by atoms with Gasteiger partial charge in [0, 0.05) is 78.1 Å². The number of benzene rings is 2. The summed E-state index contributed by atoms with van der Waals surface area (Å²) < 4.78 is 26.0. The molecule has 2 aromatic carbocycles. The van der Waals surface area contributed by atoms with Crippen molar-refractivity contribution in [2.75, 3.05) is 50.0 Å². The summed E-state index contributed by atoms with van der Waals surface area (Å²) in [6, 6.07) is 11.1. The molecule has 0 saturated carbocycles. The summed E-state index contributed by atoms with van der Waals surface area (Å²) in [5.74, 6) is -0.879. The highest BCUT2D eigenvalue weighted by molar-refractivity contribution is 7.84. The van der Waals surface area contributed by atoms with Gasteiger partial charge in [-0.15, -0.1) is 0 Å². The van der Waals surface area contributed by atoms with Gasteiger partial charge in [0.25, 0.3) is 0 Å². The molecule has 3 aliphatic heterocycles. The summed E-state index contributed by atoms with van der Waals surface area (Å²) in [4.78, 5) is 45.4. The molecule has 2 unspecified atom stereocenters. The Morgan fingerprint density at radius 1 is 1.12 bits per heavy atom. The van der Waals surface area contributed by atoms with E-state index in [-0.39, 0.29) is 53.0 Å². The minimum absolute atomic E-state index is 0.0258. The molecule has 224 valence electrons. The number of nitrogens with zero attached hydrogens (tertiary/aromatic N) is 4. The second-order valence-corrected chi connectivity index (χ2v) is 12.5. The first kappa shape index (κ1) is 30.0. The lowest BCUT2D eigenvalue weighted by Gasteiger charge is -2.40. The van der Waals surface area contributed by atoms with E-state index in [1.165, 1.54) is 35.6 Å². The summed E-state index contributed by atoms with van der Waals surface area (Å²) >= 11 is 6.20.